The highest BCUT2D eigenvalue weighted by atomic mass is 19.4. The molecule has 34 heavy (non-hydrogen) atoms. The zero-order valence-electron chi connectivity index (χ0n) is 20.0. The first kappa shape index (κ1) is 23.1. The van der Waals surface area contributed by atoms with Gasteiger partial charge in [0.2, 0.25) is 5.91 Å². The summed E-state index contributed by atoms with van der Waals surface area (Å²) in [6.07, 6.45) is -0.189. The van der Waals surface area contributed by atoms with Crippen molar-refractivity contribution < 1.29 is 18.0 Å². The summed E-state index contributed by atoms with van der Waals surface area (Å²) in [7, 11) is 1.88. The maximum Gasteiger partial charge on any atom is 0.433 e. The normalized spacial score (nSPS) is 24.8. The molecule has 1 amide bonds. The lowest BCUT2D eigenvalue weighted by atomic mass is 9.73. The number of anilines is 2. The molecule has 10 heteroatoms. The van der Waals surface area contributed by atoms with Crippen LogP contribution in [-0.4, -0.2) is 38.7 Å². The molecule has 0 radical (unpaired) electrons. The van der Waals surface area contributed by atoms with Gasteiger partial charge in [0.05, 0.1) is 11.4 Å². The van der Waals surface area contributed by atoms with Crippen LogP contribution >= 0.6 is 0 Å². The maximum absolute atomic E-state index is 13.5. The minimum atomic E-state index is -4.38. The van der Waals surface area contributed by atoms with E-state index in [9.17, 15) is 18.0 Å². The molecule has 7 nitrogen and oxygen atoms in total. The molecule has 0 unspecified atom stereocenters. The van der Waals surface area contributed by atoms with Gasteiger partial charge in [-0.15, -0.1) is 0 Å². The second-order valence-electron chi connectivity index (χ2n) is 10.5. The van der Waals surface area contributed by atoms with Crippen LogP contribution in [0, 0.1) is 24.7 Å². The van der Waals surface area contributed by atoms with Gasteiger partial charge in [0.25, 0.3) is 0 Å². The molecule has 184 valence electrons. The lowest BCUT2D eigenvalue weighted by molar-refractivity contribution is -0.144. The fourth-order valence-electron chi connectivity index (χ4n) is 5.44. The second-order valence-corrected chi connectivity index (χ2v) is 10.5. The van der Waals surface area contributed by atoms with Gasteiger partial charge < -0.3 is 10.2 Å². The Morgan fingerprint density at radius 1 is 1.18 bits per heavy atom. The summed E-state index contributed by atoms with van der Waals surface area (Å²) in [5.41, 5.74) is 1.34. The van der Waals surface area contributed by atoms with Gasteiger partial charge in [-0.1, -0.05) is 13.8 Å². The van der Waals surface area contributed by atoms with Crippen LogP contribution in [0.2, 0.25) is 0 Å². The smallest absolute Gasteiger partial charge is 0.346 e. The molecule has 2 fully saturated rings. The zero-order chi connectivity index (χ0) is 24.4. The van der Waals surface area contributed by atoms with E-state index in [4.69, 9.17) is 4.98 Å². The van der Waals surface area contributed by atoms with Crippen molar-refractivity contribution in [2.75, 3.05) is 17.3 Å². The predicted molar refractivity (Wildman–Crippen MR) is 122 cm³/mol. The topological polar surface area (TPSA) is 75.9 Å². The Hall–Kier alpha value is -2.65. The molecule has 1 atom stereocenters. The summed E-state index contributed by atoms with van der Waals surface area (Å²) in [6, 6.07) is 0.942. The van der Waals surface area contributed by atoms with E-state index < -0.39 is 11.9 Å². The van der Waals surface area contributed by atoms with E-state index in [1.807, 2.05) is 32.7 Å². The highest BCUT2D eigenvalue weighted by molar-refractivity contribution is 6.03. The third kappa shape index (κ3) is 4.27. The van der Waals surface area contributed by atoms with Crippen molar-refractivity contribution in [2.45, 2.75) is 77.6 Å². The fraction of sp³-hybridized carbons (Fsp3) is 0.667. The number of alkyl halides is 3. The molecular weight excluding hydrogens is 445 g/mol. The summed E-state index contributed by atoms with van der Waals surface area (Å²) < 4.78 is 41.6. The first-order valence-electron chi connectivity index (χ1n) is 12.1. The lowest BCUT2D eigenvalue weighted by Gasteiger charge is -2.38. The van der Waals surface area contributed by atoms with Crippen molar-refractivity contribution in [3.8, 4) is 0 Å². The van der Waals surface area contributed by atoms with E-state index in [1.54, 1.807) is 0 Å². The van der Waals surface area contributed by atoms with Crippen molar-refractivity contribution in [3.63, 3.8) is 0 Å². The number of nitrogens with one attached hydrogen (secondary N) is 1. The number of carbonyl (C=O) groups excluding carboxylic acids is 1. The minimum absolute atomic E-state index is 0.0482. The van der Waals surface area contributed by atoms with Crippen LogP contribution in [-0.2, 0) is 23.9 Å². The molecule has 1 N–H and O–H groups in total. The quantitative estimate of drug-likeness (QED) is 0.662. The van der Waals surface area contributed by atoms with E-state index in [1.165, 1.54) is 10.7 Å². The molecule has 2 saturated carbocycles. The number of amides is 1. The number of nitrogens with zero attached hydrogens (tertiary/aromatic N) is 5. The summed E-state index contributed by atoms with van der Waals surface area (Å²) in [5.74, 6) is 2.23. The highest BCUT2D eigenvalue weighted by Crippen LogP contribution is 2.43. The molecule has 3 aliphatic rings. The molecule has 0 aromatic carbocycles. The number of fused-ring (bicyclic) bond motifs is 1. The standard InChI is InChI=1S/C24H31F3N6O/c1-12(2)21-23(34)30-20-13(3)28-19(29-22(20)32(21)4)9-14-7-15(8-14)11-33-18(24(25,26)27)10-17(31-33)16-5-6-16/h10,12,14-16,21H,5-9,11H2,1-4H3,(H,30,34)/t14?,15?,21-/m0/s1. The van der Waals surface area contributed by atoms with Crippen LogP contribution in [0.15, 0.2) is 6.07 Å². The van der Waals surface area contributed by atoms with Gasteiger partial charge in [-0.3, -0.25) is 9.48 Å². The minimum Gasteiger partial charge on any atom is -0.346 e. The monoisotopic (exact) mass is 476 g/mol. The maximum atomic E-state index is 13.5. The Kier molecular flexibility index (Phi) is 5.60. The third-order valence-corrected chi connectivity index (χ3v) is 7.34. The van der Waals surface area contributed by atoms with Gasteiger partial charge in [0.15, 0.2) is 5.82 Å². The molecule has 2 aromatic rings. The summed E-state index contributed by atoms with van der Waals surface area (Å²) in [4.78, 5) is 23.8. The number of hydrogen-bond acceptors (Lipinski definition) is 5. The van der Waals surface area contributed by atoms with E-state index in [-0.39, 0.29) is 29.7 Å². The van der Waals surface area contributed by atoms with Crippen LogP contribution in [0.5, 0.6) is 0 Å². The van der Waals surface area contributed by atoms with Crippen molar-refractivity contribution >= 4 is 17.4 Å². The molecule has 0 spiro atoms. The number of halogens is 3. The average molecular weight is 477 g/mol. The summed E-state index contributed by atoms with van der Waals surface area (Å²) in [5, 5.41) is 7.25. The number of rotatable bonds is 6. The Bertz CT molecular complexity index is 1100. The molecule has 0 saturated heterocycles. The second kappa shape index (κ2) is 8.23. The van der Waals surface area contributed by atoms with Gasteiger partial charge in [0, 0.05) is 25.9 Å². The zero-order valence-corrected chi connectivity index (χ0v) is 20.0. The Balaban J connectivity index is 1.25. The van der Waals surface area contributed by atoms with Gasteiger partial charge in [0.1, 0.15) is 23.2 Å². The Morgan fingerprint density at radius 3 is 2.50 bits per heavy atom. The molecule has 2 aliphatic carbocycles. The van der Waals surface area contributed by atoms with Gasteiger partial charge in [-0.2, -0.15) is 18.3 Å². The number of aryl methyl sites for hydroxylation is 1. The molecular formula is C24H31F3N6O. The van der Waals surface area contributed by atoms with Crippen molar-refractivity contribution in [2.24, 2.45) is 17.8 Å². The average Bonchev–Trinajstić information content (AvgIpc) is 3.46. The molecule has 0 bridgehead atoms. The van der Waals surface area contributed by atoms with Crippen LogP contribution in [0.1, 0.15) is 68.4 Å². The van der Waals surface area contributed by atoms with E-state index in [0.717, 1.165) is 43.0 Å². The van der Waals surface area contributed by atoms with Crippen molar-refractivity contribution in [3.05, 3.63) is 29.0 Å². The number of carbonyl (C=O) groups is 1. The number of aromatic nitrogens is 4. The van der Waals surface area contributed by atoms with Gasteiger partial charge >= 0.3 is 6.18 Å². The fourth-order valence-corrected chi connectivity index (χ4v) is 5.44. The number of likely N-dealkylation sites (N-methyl/N-ethyl adjacent to an activating group) is 1. The summed E-state index contributed by atoms with van der Waals surface area (Å²) in [6.45, 7) is 6.18. The number of hydrogen-bond donors (Lipinski definition) is 1. The third-order valence-electron chi connectivity index (χ3n) is 7.34. The first-order valence-corrected chi connectivity index (χ1v) is 12.1. The van der Waals surface area contributed by atoms with Crippen LogP contribution in [0.3, 0.4) is 0 Å². The molecule has 5 rings (SSSR count). The van der Waals surface area contributed by atoms with Crippen LogP contribution < -0.4 is 10.2 Å². The van der Waals surface area contributed by atoms with Gasteiger partial charge in [-0.05, 0) is 56.4 Å². The van der Waals surface area contributed by atoms with Crippen molar-refractivity contribution in [1.82, 2.24) is 19.7 Å². The lowest BCUT2D eigenvalue weighted by Crippen LogP contribution is -2.49. The van der Waals surface area contributed by atoms with Crippen LogP contribution in [0.25, 0.3) is 0 Å². The molecule has 3 heterocycles. The van der Waals surface area contributed by atoms with E-state index in [0.29, 0.717) is 30.3 Å². The Labute approximate surface area is 197 Å². The largest absolute Gasteiger partial charge is 0.433 e. The molecule has 2 aromatic heterocycles. The van der Waals surface area contributed by atoms with E-state index in [2.05, 4.69) is 15.4 Å². The predicted octanol–water partition coefficient (Wildman–Crippen LogP) is 4.56. The Morgan fingerprint density at radius 2 is 1.88 bits per heavy atom. The van der Waals surface area contributed by atoms with E-state index >= 15 is 0 Å². The highest BCUT2D eigenvalue weighted by Gasteiger charge is 2.40. The SMILES string of the molecule is Cc1nc(CC2CC(Cn3nc(C4CC4)cc3C(F)(F)F)C2)nc2c1NC(=O)[C@H](C(C)C)N2C. The van der Waals surface area contributed by atoms with Crippen LogP contribution in [0.4, 0.5) is 24.7 Å². The van der Waals surface area contributed by atoms with Crippen molar-refractivity contribution in [1.29, 1.82) is 0 Å². The molecule has 1 aliphatic heterocycles. The summed E-state index contributed by atoms with van der Waals surface area (Å²) >= 11 is 0. The first-order chi connectivity index (χ1) is 16.0. The van der Waals surface area contributed by atoms with Gasteiger partial charge in [-0.25, -0.2) is 9.97 Å².